The Morgan fingerprint density at radius 1 is 0.848 bits per heavy atom. The molecule has 172 valence electrons. The molecule has 0 aliphatic carbocycles. The van der Waals surface area contributed by atoms with Crippen molar-refractivity contribution in [1.29, 1.82) is 0 Å². The predicted octanol–water partition coefficient (Wildman–Crippen LogP) is 3.37. The summed E-state index contributed by atoms with van der Waals surface area (Å²) in [5, 5.41) is 8.07. The molecular formula is C26H31N5O2. The standard InChI is InChI=1S/C26H31N5O2/c1-16(2)11-25(32)30-24(13-18-15-29-23-10-6-4-8-20(18)23)31-26(33)21(27)12-17-14-28-22-9-5-3-7-19(17)22/h3-10,14-16,21,24,28-29H,11-13,27H2,1-2H3,(H,30,32)(H,31,33)/t21-,24-/m1/s1. The van der Waals surface area contributed by atoms with E-state index in [-0.39, 0.29) is 17.7 Å². The Morgan fingerprint density at radius 2 is 1.39 bits per heavy atom. The fraction of sp³-hybridized carbons (Fsp3) is 0.308. The molecule has 0 radical (unpaired) electrons. The Balaban J connectivity index is 1.48. The van der Waals surface area contributed by atoms with Crippen molar-refractivity contribution in [1.82, 2.24) is 20.6 Å². The summed E-state index contributed by atoms with van der Waals surface area (Å²) in [6.07, 6.45) is 4.50. The summed E-state index contributed by atoms with van der Waals surface area (Å²) in [6.45, 7) is 3.98. The maximum absolute atomic E-state index is 13.0. The highest BCUT2D eigenvalue weighted by Gasteiger charge is 2.22. The van der Waals surface area contributed by atoms with E-state index < -0.39 is 12.2 Å². The topological polar surface area (TPSA) is 116 Å². The molecule has 7 nitrogen and oxygen atoms in total. The number of aromatic nitrogens is 2. The molecule has 0 spiro atoms. The Hall–Kier alpha value is -3.58. The lowest BCUT2D eigenvalue weighted by Crippen LogP contribution is -2.54. The smallest absolute Gasteiger partial charge is 0.238 e. The van der Waals surface area contributed by atoms with Crippen LogP contribution < -0.4 is 16.4 Å². The van der Waals surface area contributed by atoms with Gasteiger partial charge in [-0.2, -0.15) is 0 Å². The van der Waals surface area contributed by atoms with Gasteiger partial charge in [-0.15, -0.1) is 0 Å². The van der Waals surface area contributed by atoms with Crippen LogP contribution in [0.4, 0.5) is 0 Å². The third kappa shape index (κ3) is 5.43. The number of rotatable bonds is 9. The van der Waals surface area contributed by atoms with Gasteiger partial charge in [0, 0.05) is 47.0 Å². The second-order valence-corrected chi connectivity index (χ2v) is 8.96. The van der Waals surface area contributed by atoms with E-state index in [4.69, 9.17) is 5.73 Å². The zero-order valence-electron chi connectivity index (χ0n) is 19.0. The predicted molar refractivity (Wildman–Crippen MR) is 132 cm³/mol. The zero-order chi connectivity index (χ0) is 23.4. The van der Waals surface area contributed by atoms with Crippen LogP contribution in [-0.4, -0.2) is 34.0 Å². The quantitative estimate of drug-likeness (QED) is 0.254. The van der Waals surface area contributed by atoms with Crippen molar-refractivity contribution in [2.45, 2.75) is 45.3 Å². The molecule has 0 saturated carbocycles. The van der Waals surface area contributed by atoms with E-state index in [1.54, 1.807) is 0 Å². The maximum atomic E-state index is 13.0. The van der Waals surface area contributed by atoms with Gasteiger partial charge < -0.3 is 26.3 Å². The number of amides is 2. The number of para-hydroxylation sites is 2. The minimum Gasteiger partial charge on any atom is -0.361 e. The molecule has 7 heteroatoms. The molecule has 4 rings (SSSR count). The summed E-state index contributed by atoms with van der Waals surface area (Å²) in [4.78, 5) is 32.0. The summed E-state index contributed by atoms with van der Waals surface area (Å²) < 4.78 is 0. The van der Waals surface area contributed by atoms with Gasteiger partial charge in [0.15, 0.2) is 0 Å². The van der Waals surface area contributed by atoms with Crippen molar-refractivity contribution in [2.24, 2.45) is 11.7 Å². The third-order valence-electron chi connectivity index (χ3n) is 5.80. The van der Waals surface area contributed by atoms with E-state index >= 15 is 0 Å². The summed E-state index contributed by atoms with van der Waals surface area (Å²) in [6, 6.07) is 15.2. The van der Waals surface area contributed by atoms with Crippen LogP contribution in [0.5, 0.6) is 0 Å². The molecule has 33 heavy (non-hydrogen) atoms. The number of carbonyl (C=O) groups is 2. The number of H-pyrrole nitrogens is 2. The van der Waals surface area contributed by atoms with E-state index in [0.29, 0.717) is 19.3 Å². The van der Waals surface area contributed by atoms with Crippen LogP contribution in [0, 0.1) is 5.92 Å². The lowest BCUT2D eigenvalue weighted by atomic mass is 10.0. The molecule has 0 aliphatic heterocycles. The Bertz CT molecular complexity index is 1260. The molecule has 0 fully saturated rings. The lowest BCUT2D eigenvalue weighted by molar-refractivity contribution is -0.125. The van der Waals surface area contributed by atoms with E-state index in [2.05, 4.69) is 20.6 Å². The van der Waals surface area contributed by atoms with Crippen molar-refractivity contribution < 1.29 is 9.59 Å². The minimum atomic E-state index is -0.739. The van der Waals surface area contributed by atoms with Gasteiger partial charge in [0.2, 0.25) is 11.8 Å². The first-order valence-corrected chi connectivity index (χ1v) is 11.4. The Morgan fingerprint density at radius 3 is 1.97 bits per heavy atom. The number of nitrogens with one attached hydrogen (secondary N) is 4. The first-order valence-electron chi connectivity index (χ1n) is 11.4. The summed E-state index contributed by atoms with van der Waals surface area (Å²) in [7, 11) is 0. The molecule has 0 aliphatic rings. The molecule has 2 heterocycles. The highest BCUT2D eigenvalue weighted by atomic mass is 16.2. The number of hydrogen-bond donors (Lipinski definition) is 5. The van der Waals surface area contributed by atoms with Crippen LogP contribution in [0.15, 0.2) is 60.9 Å². The van der Waals surface area contributed by atoms with Crippen molar-refractivity contribution in [3.8, 4) is 0 Å². The molecule has 2 aromatic heterocycles. The lowest BCUT2D eigenvalue weighted by Gasteiger charge is -2.23. The van der Waals surface area contributed by atoms with Crippen LogP contribution in [0.3, 0.4) is 0 Å². The first kappa shape index (κ1) is 22.6. The van der Waals surface area contributed by atoms with Crippen molar-refractivity contribution in [2.75, 3.05) is 0 Å². The molecule has 6 N–H and O–H groups in total. The first-order chi connectivity index (χ1) is 15.9. The highest BCUT2D eigenvalue weighted by Crippen LogP contribution is 2.20. The molecule has 2 aromatic carbocycles. The van der Waals surface area contributed by atoms with Crippen LogP contribution in [-0.2, 0) is 22.4 Å². The number of carbonyl (C=O) groups excluding carboxylic acids is 2. The van der Waals surface area contributed by atoms with Crippen molar-refractivity contribution in [3.05, 3.63) is 72.1 Å². The minimum absolute atomic E-state index is 0.0969. The average Bonchev–Trinajstić information content (AvgIpc) is 3.37. The molecule has 0 unspecified atom stereocenters. The SMILES string of the molecule is CC(C)CC(=O)N[C@@H](Cc1c[nH]c2ccccc12)NC(=O)[C@H](N)Cc1c[nH]c2ccccc12. The van der Waals surface area contributed by atoms with Gasteiger partial charge in [-0.1, -0.05) is 50.2 Å². The van der Waals surface area contributed by atoms with E-state index in [1.165, 1.54) is 0 Å². The molecule has 0 bridgehead atoms. The maximum Gasteiger partial charge on any atom is 0.238 e. The van der Waals surface area contributed by atoms with Gasteiger partial charge in [-0.05, 0) is 35.6 Å². The largest absolute Gasteiger partial charge is 0.361 e. The van der Waals surface area contributed by atoms with Gasteiger partial charge in [-0.3, -0.25) is 9.59 Å². The van der Waals surface area contributed by atoms with Crippen molar-refractivity contribution >= 4 is 33.6 Å². The highest BCUT2D eigenvalue weighted by molar-refractivity contribution is 5.87. The van der Waals surface area contributed by atoms with E-state index in [0.717, 1.165) is 32.9 Å². The van der Waals surface area contributed by atoms with Crippen LogP contribution in [0.2, 0.25) is 0 Å². The van der Waals surface area contributed by atoms with E-state index in [1.807, 2.05) is 74.8 Å². The molecule has 0 saturated heterocycles. The number of nitrogens with two attached hydrogens (primary N) is 1. The van der Waals surface area contributed by atoms with Crippen LogP contribution in [0.25, 0.3) is 21.8 Å². The van der Waals surface area contributed by atoms with Gasteiger partial charge in [0.05, 0.1) is 6.04 Å². The molecule has 4 aromatic rings. The normalized spacial score (nSPS) is 13.3. The van der Waals surface area contributed by atoms with Gasteiger partial charge >= 0.3 is 0 Å². The fourth-order valence-corrected chi connectivity index (χ4v) is 4.19. The van der Waals surface area contributed by atoms with Gasteiger partial charge in [0.1, 0.15) is 6.17 Å². The number of benzene rings is 2. The summed E-state index contributed by atoms with van der Waals surface area (Å²) in [5.41, 5.74) is 10.3. The van der Waals surface area contributed by atoms with Gasteiger partial charge in [0.25, 0.3) is 0 Å². The van der Waals surface area contributed by atoms with E-state index in [9.17, 15) is 9.59 Å². The van der Waals surface area contributed by atoms with Crippen LogP contribution >= 0.6 is 0 Å². The molecular weight excluding hydrogens is 414 g/mol. The summed E-state index contributed by atoms with van der Waals surface area (Å²) >= 11 is 0. The molecule has 2 atom stereocenters. The fourth-order valence-electron chi connectivity index (χ4n) is 4.19. The van der Waals surface area contributed by atoms with Crippen LogP contribution in [0.1, 0.15) is 31.4 Å². The van der Waals surface area contributed by atoms with Gasteiger partial charge in [-0.25, -0.2) is 0 Å². The second kappa shape index (κ2) is 9.92. The third-order valence-corrected chi connectivity index (χ3v) is 5.80. The number of aromatic amines is 2. The molecule has 2 amide bonds. The zero-order valence-corrected chi connectivity index (χ0v) is 19.0. The number of hydrogen-bond acceptors (Lipinski definition) is 3. The summed E-state index contributed by atoms with van der Waals surface area (Å²) in [5.74, 6) is -0.172. The number of fused-ring (bicyclic) bond motifs is 2. The second-order valence-electron chi connectivity index (χ2n) is 8.96. The van der Waals surface area contributed by atoms with Crippen molar-refractivity contribution in [3.63, 3.8) is 0 Å². The Labute approximate surface area is 193 Å². The Kier molecular flexibility index (Phi) is 6.79. The average molecular weight is 446 g/mol. The monoisotopic (exact) mass is 445 g/mol.